The smallest absolute Gasteiger partial charge is 0.0902 e. The number of benzene rings is 1. The molecule has 140 valence electrons. The molecule has 4 rings (SSSR count). The maximum atomic E-state index is 10.8. The normalized spacial score (nSPS) is 29.2. The second-order valence-corrected chi connectivity index (χ2v) is 9.34. The van der Waals surface area contributed by atoms with Crippen LogP contribution < -0.4 is 4.31 Å². The van der Waals surface area contributed by atoms with Crippen molar-refractivity contribution in [2.75, 3.05) is 44.6 Å². The van der Waals surface area contributed by atoms with Crippen molar-refractivity contribution >= 4 is 17.6 Å². The van der Waals surface area contributed by atoms with Gasteiger partial charge in [-0.15, -0.1) is 0 Å². The Balaban J connectivity index is 1.39. The van der Waals surface area contributed by atoms with Crippen LogP contribution in [0.3, 0.4) is 0 Å². The van der Waals surface area contributed by atoms with Gasteiger partial charge in [-0.05, 0) is 49.4 Å². The van der Waals surface area contributed by atoms with Gasteiger partial charge in [-0.3, -0.25) is 4.90 Å². The van der Waals surface area contributed by atoms with Gasteiger partial charge in [0.1, 0.15) is 0 Å². The number of allylic oxidation sites excluding steroid dienone is 3. The van der Waals surface area contributed by atoms with Crippen LogP contribution >= 0.6 is 11.9 Å². The van der Waals surface area contributed by atoms with E-state index in [0.29, 0.717) is 0 Å². The molecule has 1 aliphatic carbocycles. The SMILES string of the molecule is CN(C)C1=CC=C(CN2CC[C@]3(C2)SN(c2ccccc2)C[C@@H]3O)CC1. The first-order chi connectivity index (χ1) is 12.6. The molecule has 0 saturated carbocycles. The number of hydrogen-bond donors (Lipinski definition) is 1. The van der Waals surface area contributed by atoms with Crippen molar-refractivity contribution in [1.29, 1.82) is 0 Å². The van der Waals surface area contributed by atoms with Gasteiger partial charge in [0.2, 0.25) is 0 Å². The van der Waals surface area contributed by atoms with E-state index in [1.807, 2.05) is 18.0 Å². The molecule has 0 unspecified atom stereocenters. The zero-order valence-electron chi connectivity index (χ0n) is 15.8. The van der Waals surface area contributed by atoms with Gasteiger partial charge in [-0.1, -0.05) is 29.8 Å². The zero-order valence-corrected chi connectivity index (χ0v) is 16.6. The summed E-state index contributed by atoms with van der Waals surface area (Å²) in [6, 6.07) is 10.4. The third-order valence-electron chi connectivity index (χ3n) is 5.84. The number of para-hydroxylation sites is 1. The number of aliphatic hydroxyl groups is 1. The number of β-amino-alcohol motifs (C(OH)–C–C–N with tert-alkyl or cyclic N) is 1. The second kappa shape index (κ2) is 7.29. The zero-order chi connectivity index (χ0) is 18.1. The average Bonchev–Trinajstić information content (AvgIpc) is 3.20. The highest BCUT2D eigenvalue weighted by atomic mass is 32.2. The molecule has 1 aromatic carbocycles. The first-order valence-corrected chi connectivity index (χ1v) is 10.3. The molecule has 2 saturated heterocycles. The monoisotopic (exact) mass is 371 g/mol. The van der Waals surface area contributed by atoms with Gasteiger partial charge < -0.3 is 14.3 Å². The number of nitrogens with zero attached hydrogens (tertiary/aromatic N) is 3. The molecule has 2 heterocycles. The van der Waals surface area contributed by atoms with E-state index in [1.54, 1.807) is 0 Å². The Labute approximate surface area is 161 Å². The lowest BCUT2D eigenvalue weighted by Gasteiger charge is -2.27. The molecule has 0 amide bonds. The molecule has 3 aliphatic rings. The van der Waals surface area contributed by atoms with Crippen molar-refractivity contribution in [3.8, 4) is 0 Å². The highest BCUT2D eigenvalue weighted by Gasteiger charge is 2.51. The van der Waals surface area contributed by atoms with Crippen LogP contribution in [0, 0.1) is 0 Å². The van der Waals surface area contributed by atoms with Gasteiger partial charge in [0.05, 0.1) is 17.4 Å². The minimum Gasteiger partial charge on any atom is -0.390 e. The molecule has 0 aromatic heterocycles. The molecule has 2 aliphatic heterocycles. The van der Waals surface area contributed by atoms with Crippen molar-refractivity contribution in [3.63, 3.8) is 0 Å². The van der Waals surface area contributed by atoms with Crippen molar-refractivity contribution in [3.05, 3.63) is 53.8 Å². The van der Waals surface area contributed by atoms with Crippen LogP contribution in [0.1, 0.15) is 19.3 Å². The van der Waals surface area contributed by atoms with Gasteiger partial charge >= 0.3 is 0 Å². The number of likely N-dealkylation sites (tertiary alicyclic amines) is 1. The standard InChI is InChI=1S/C21H29N3OS/c1-22(2)18-10-8-17(9-11-18)14-23-13-12-21(16-23)20(25)15-24(26-21)19-6-4-3-5-7-19/h3-8,10,20,25H,9,11-16H2,1-2H3/t20-,21+/m0/s1. The molecule has 0 radical (unpaired) electrons. The third-order valence-corrected chi connectivity index (χ3v) is 7.39. The molecule has 2 fully saturated rings. The summed E-state index contributed by atoms with van der Waals surface area (Å²) < 4.78 is 2.23. The van der Waals surface area contributed by atoms with Crippen LogP contribution in [0.2, 0.25) is 0 Å². The Morgan fingerprint density at radius 3 is 2.69 bits per heavy atom. The molecule has 1 N–H and O–H groups in total. The van der Waals surface area contributed by atoms with Crippen LogP contribution in [0.4, 0.5) is 5.69 Å². The van der Waals surface area contributed by atoms with E-state index in [2.05, 4.69) is 64.6 Å². The molecule has 0 bridgehead atoms. The fraction of sp³-hybridized carbons (Fsp3) is 0.524. The number of hydrogen-bond acceptors (Lipinski definition) is 5. The molecule has 2 atom stereocenters. The molecule has 5 heteroatoms. The number of aliphatic hydroxyl groups excluding tert-OH is 1. The minimum atomic E-state index is -0.265. The molecular weight excluding hydrogens is 342 g/mol. The summed E-state index contributed by atoms with van der Waals surface area (Å²) in [5, 5.41) is 10.8. The largest absolute Gasteiger partial charge is 0.390 e. The second-order valence-electron chi connectivity index (χ2n) is 7.91. The molecular formula is C21H29N3OS. The summed E-state index contributed by atoms with van der Waals surface area (Å²) in [6.07, 6.45) is 7.66. The number of rotatable bonds is 4. The topological polar surface area (TPSA) is 30.0 Å². The van der Waals surface area contributed by atoms with Gasteiger partial charge in [0, 0.05) is 45.1 Å². The van der Waals surface area contributed by atoms with E-state index in [1.165, 1.54) is 17.0 Å². The first-order valence-electron chi connectivity index (χ1n) is 9.54. The van der Waals surface area contributed by atoms with E-state index in [0.717, 1.165) is 45.4 Å². The van der Waals surface area contributed by atoms with E-state index in [4.69, 9.17) is 0 Å². The maximum Gasteiger partial charge on any atom is 0.0902 e. The Bertz CT molecular complexity index is 702. The molecule has 26 heavy (non-hydrogen) atoms. The summed E-state index contributed by atoms with van der Waals surface area (Å²) in [5.74, 6) is 0. The maximum absolute atomic E-state index is 10.8. The summed E-state index contributed by atoms with van der Waals surface area (Å²) >= 11 is 1.86. The van der Waals surface area contributed by atoms with E-state index in [-0.39, 0.29) is 10.9 Å². The summed E-state index contributed by atoms with van der Waals surface area (Å²) in [5.41, 5.74) is 4.13. The minimum absolute atomic E-state index is 0.0459. The van der Waals surface area contributed by atoms with Crippen molar-refractivity contribution < 1.29 is 5.11 Å². The molecule has 1 aromatic rings. The van der Waals surface area contributed by atoms with Crippen LogP contribution in [0.15, 0.2) is 53.8 Å². The van der Waals surface area contributed by atoms with E-state index >= 15 is 0 Å². The Morgan fingerprint density at radius 2 is 2.00 bits per heavy atom. The quantitative estimate of drug-likeness (QED) is 0.822. The fourth-order valence-electron chi connectivity index (χ4n) is 4.22. The Morgan fingerprint density at radius 1 is 1.19 bits per heavy atom. The summed E-state index contributed by atoms with van der Waals surface area (Å²) in [4.78, 5) is 4.74. The van der Waals surface area contributed by atoms with Crippen LogP contribution in [0.25, 0.3) is 0 Å². The van der Waals surface area contributed by atoms with Crippen molar-refractivity contribution in [2.45, 2.75) is 30.1 Å². The first kappa shape index (κ1) is 18.0. The Kier molecular flexibility index (Phi) is 5.04. The van der Waals surface area contributed by atoms with Gasteiger partial charge in [-0.2, -0.15) is 0 Å². The molecule has 1 spiro atoms. The molecule has 4 nitrogen and oxygen atoms in total. The number of anilines is 1. The van der Waals surface area contributed by atoms with Crippen LogP contribution in [0.5, 0.6) is 0 Å². The highest BCUT2D eigenvalue weighted by molar-refractivity contribution is 8.02. The van der Waals surface area contributed by atoms with Crippen LogP contribution in [-0.2, 0) is 0 Å². The lowest BCUT2D eigenvalue weighted by molar-refractivity contribution is 0.147. The predicted octanol–water partition coefficient (Wildman–Crippen LogP) is 3.13. The van der Waals surface area contributed by atoms with E-state index in [9.17, 15) is 5.11 Å². The average molecular weight is 372 g/mol. The van der Waals surface area contributed by atoms with Gasteiger partial charge in [-0.25, -0.2) is 0 Å². The summed E-state index contributed by atoms with van der Waals surface area (Å²) in [6.45, 7) is 3.82. The van der Waals surface area contributed by atoms with Gasteiger partial charge in [0.25, 0.3) is 0 Å². The lowest BCUT2D eigenvalue weighted by atomic mass is 10.00. The summed E-state index contributed by atoms with van der Waals surface area (Å²) in [7, 11) is 4.23. The Hall–Kier alpha value is -1.43. The predicted molar refractivity (Wildman–Crippen MR) is 110 cm³/mol. The van der Waals surface area contributed by atoms with Crippen molar-refractivity contribution in [1.82, 2.24) is 9.80 Å². The van der Waals surface area contributed by atoms with Crippen molar-refractivity contribution in [2.24, 2.45) is 0 Å². The third kappa shape index (κ3) is 3.53. The van der Waals surface area contributed by atoms with Gasteiger partial charge in [0.15, 0.2) is 0 Å². The lowest BCUT2D eigenvalue weighted by Crippen LogP contribution is -2.39. The highest BCUT2D eigenvalue weighted by Crippen LogP contribution is 2.47. The fourth-order valence-corrected chi connectivity index (χ4v) is 5.72. The van der Waals surface area contributed by atoms with Crippen LogP contribution in [-0.4, -0.2) is 66.0 Å². The van der Waals surface area contributed by atoms with E-state index < -0.39 is 0 Å².